The molecule has 0 aliphatic heterocycles. The third-order valence-electron chi connectivity index (χ3n) is 2.93. The van der Waals surface area contributed by atoms with Gasteiger partial charge in [-0.25, -0.2) is 0 Å². The van der Waals surface area contributed by atoms with Crippen LogP contribution >= 0.6 is 22.6 Å². The molecule has 21 heavy (non-hydrogen) atoms. The summed E-state index contributed by atoms with van der Waals surface area (Å²) in [6, 6.07) is 10.0. The molecule has 0 radical (unpaired) electrons. The summed E-state index contributed by atoms with van der Waals surface area (Å²) in [6.07, 6.45) is 0. The Bertz CT molecular complexity index is 676. The van der Waals surface area contributed by atoms with Gasteiger partial charge in [-0.15, -0.1) is 0 Å². The van der Waals surface area contributed by atoms with E-state index in [0.29, 0.717) is 17.0 Å². The number of rotatable bonds is 5. The van der Waals surface area contributed by atoms with Crippen molar-refractivity contribution in [3.8, 4) is 11.5 Å². The Labute approximate surface area is 135 Å². The number of halogens is 1. The van der Waals surface area contributed by atoms with Crippen molar-refractivity contribution in [3.05, 3.63) is 55.6 Å². The van der Waals surface area contributed by atoms with E-state index in [1.54, 1.807) is 30.3 Å². The molecule has 110 valence electrons. The minimum Gasteiger partial charge on any atom is -0.504 e. The van der Waals surface area contributed by atoms with Gasteiger partial charge in [0.25, 0.3) is 5.69 Å². The second-order valence-corrected chi connectivity index (χ2v) is 5.49. The molecule has 0 saturated carbocycles. The quantitative estimate of drug-likeness (QED) is 0.456. The normalized spacial score (nSPS) is 10.2. The van der Waals surface area contributed by atoms with Crippen molar-refractivity contribution in [2.24, 2.45) is 0 Å². The molecule has 0 amide bonds. The van der Waals surface area contributed by atoms with Crippen LogP contribution in [0, 0.1) is 13.7 Å². The molecule has 0 saturated heterocycles. The summed E-state index contributed by atoms with van der Waals surface area (Å²) in [7, 11) is 1.47. The van der Waals surface area contributed by atoms with E-state index >= 15 is 0 Å². The fourth-order valence-corrected chi connectivity index (χ4v) is 2.35. The topological polar surface area (TPSA) is 84.6 Å². The van der Waals surface area contributed by atoms with Crippen LogP contribution in [0.2, 0.25) is 0 Å². The Kier molecular flexibility index (Phi) is 4.84. The maximum absolute atomic E-state index is 11.0. The van der Waals surface area contributed by atoms with E-state index in [4.69, 9.17) is 4.74 Å². The monoisotopic (exact) mass is 400 g/mol. The maximum Gasteiger partial charge on any atom is 0.293 e. The van der Waals surface area contributed by atoms with E-state index in [1.165, 1.54) is 13.2 Å². The van der Waals surface area contributed by atoms with Gasteiger partial charge in [0, 0.05) is 21.7 Å². The second kappa shape index (κ2) is 6.61. The number of hydrogen-bond acceptors (Lipinski definition) is 5. The molecular weight excluding hydrogens is 387 g/mol. The Balaban J connectivity index is 2.23. The van der Waals surface area contributed by atoms with Gasteiger partial charge in [-0.2, -0.15) is 0 Å². The van der Waals surface area contributed by atoms with E-state index in [-0.39, 0.29) is 18.0 Å². The van der Waals surface area contributed by atoms with Gasteiger partial charge in [0.2, 0.25) is 0 Å². The van der Waals surface area contributed by atoms with Crippen molar-refractivity contribution in [1.82, 2.24) is 0 Å². The molecule has 2 rings (SSSR count). The lowest BCUT2D eigenvalue weighted by Crippen LogP contribution is -2.03. The third-order valence-corrected chi connectivity index (χ3v) is 3.60. The van der Waals surface area contributed by atoms with Crippen LogP contribution in [0.4, 0.5) is 11.4 Å². The molecule has 0 aliphatic rings. The van der Waals surface area contributed by atoms with Crippen LogP contribution in [0.15, 0.2) is 36.4 Å². The van der Waals surface area contributed by atoms with E-state index in [9.17, 15) is 15.2 Å². The number of aromatic hydroxyl groups is 1. The zero-order valence-corrected chi connectivity index (χ0v) is 13.3. The number of ether oxygens (including phenoxy) is 1. The van der Waals surface area contributed by atoms with Crippen molar-refractivity contribution in [2.75, 3.05) is 12.4 Å². The third kappa shape index (κ3) is 3.54. The molecule has 6 nitrogen and oxygen atoms in total. The molecule has 0 aromatic heterocycles. The van der Waals surface area contributed by atoms with Crippen molar-refractivity contribution < 1.29 is 14.8 Å². The molecule has 7 heteroatoms. The lowest BCUT2D eigenvalue weighted by molar-refractivity contribution is -0.384. The van der Waals surface area contributed by atoms with Gasteiger partial charge < -0.3 is 15.2 Å². The lowest BCUT2D eigenvalue weighted by Gasteiger charge is -2.11. The lowest BCUT2D eigenvalue weighted by atomic mass is 10.1. The number of nitro benzene ring substituents is 1. The Morgan fingerprint density at radius 2 is 2.14 bits per heavy atom. The van der Waals surface area contributed by atoms with E-state index in [0.717, 1.165) is 3.57 Å². The number of anilines is 1. The standard InChI is InChI=1S/C14H13IN2O4/c1-21-13-4-2-3-9(14(13)18)8-16-11-6-5-10(15)7-12(11)17(19)20/h2-7,16,18H,8H2,1H3. The molecule has 0 fully saturated rings. The van der Waals surface area contributed by atoms with Crippen molar-refractivity contribution in [2.45, 2.75) is 6.54 Å². The van der Waals surface area contributed by atoms with Crippen molar-refractivity contribution in [1.29, 1.82) is 0 Å². The van der Waals surface area contributed by atoms with Gasteiger partial charge in [-0.05, 0) is 40.8 Å². The van der Waals surface area contributed by atoms with Gasteiger partial charge in [0.1, 0.15) is 5.69 Å². The second-order valence-electron chi connectivity index (χ2n) is 4.24. The summed E-state index contributed by atoms with van der Waals surface area (Å²) >= 11 is 2.02. The highest BCUT2D eigenvalue weighted by Crippen LogP contribution is 2.31. The van der Waals surface area contributed by atoms with Gasteiger partial charge in [0.15, 0.2) is 11.5 Å². The Morgan fingerprint density at radius 3 is 2.81 bits per heavy atom. The number of hydrogen-bond donors (Lipinski definition) is 2. The summed E-state index contributed by atoms with van der Waals surface area (Å²) in [5, 5.41) is 24.0. The van der Waals surface area contributed by atoms with E-state index < -0.39 is 4.92 Å². The first kappa shape index (κ1) is 15.4. The number of nitro groups is 1. The minimum absolute atomic E-state index is 0.00397. The van der Waals surface area contributed by atoms with Crippen LogP contribution in [0.5, 0.6) is 11.5 Å². The van der Waals surface area contributed by atoms with Crippen LogP contribution in [-0.2, 0) is 6.54 Å². The molecule has 0 bridgehead atoms. The first-order valence-electron chi connectivity index (χ1n) is 6.05. The fraction of sp³-hybridized carbons (Fsp3) is 0.143. The number of phenolic OH excluding ortho intramolecular Hbond substituents is 1. The van der Waals surface area contributed by atoms with Gasteiger partial charge in [-0.3, -0.25) is 10.1 Å². The highest BCUT2D eigenvalue weighted by atomic mass is 127. The fourth-order valence-electron chi connectivity index (χ4n) is 1.87. The number of methoxy groups -OCH3 is 1. The van der Waals surface area contributed by atoms with Crippen LogP contribution in [0.1, 0.15) is 5.56 Å². The van der Waals surface area contributed by atoms with Crippen LogP contribution in [0.25, 0.3) is 0 Å². The highest BCUT2D eigenvalue weighted by Gasteiger charge is 2.15. The molecule has 0 atom stereocenters. The zero-order valence-electron chi connectivity index (χ0n) is 11.2. The first-order valence-corrected chi connectivity index (χ1v) is 7.13. The summed E-state index contributed by atoms with van der Waals surface area (Å²) < 4.78 is 5.81. The number of benzene rings is 2. The molecule has 0 heterocycles. The van der Waals surface area contributed by atoms with Gasteiger partial charge >= 0.3 is 0 Å². The number of para-hydroxylation sites is 1. The number of nitrogens with one attached hydrogen (secondary N) is 1. The summed E-state index contributed by atoms with van der Waals surface area (Å²) in [4.78, 5) is 10.6. The van der Waals surface area contributed by atoms with Gasteiger partial charge in [0.05, 0.1) is 12.0 Å². The zero-order chi connectivity index (χ0) is 15.4. The number of phenols is 1. The van der Waals surface area contributed by atoms with Crippen molar-refractivity contribution in [3.63, 3.8) is 0 Å². The Hall–Kier alpha value is -2.03. The number of nitrogens with zero attached hydrogens (tertiary/aromatic N) is 1. The molecule has 2 aromatic carbocycles. The molecule has 0 aliphatic carbocycles. The summed E-state index contributed by atoms with van der Waals surface area (Å²) in [6.45, 7) is 0.254. The average Bonchev–Trinajstić information content (AvgIpc) is 2.47. The molecule has 2 aromatic rings. The van der Waals surface area contributed by atoms with Crippen LogP contribution in [-0.4, -0.2) is 17.1 Å². The SMILES string of the molecule is COc1cccc(CNc2ccc(I)cc2[N+](=O)[O-])c1O. The van der Waals surface area contributed by atoms with E-state index in [1.807, 2.05) is 22.6 Å². The first-order chi connectivity index (χ1) is 10.0. The maximum atomic E-state index is 11.0. The summed E-state index contributed by atoms with van der Waals surface area (Å²) in [5.74, 6) is 0.395. The summed E-state index contributed by atoms with van der Waals surface area (Å²) in [5.41, 5.74) is 1.01. The molecule has 0 spiro atoms. The highest BCUT2D eigenvalue weighted by molar-refractivity contribution is 14.1. The average molecular weight is 400 g/mol. The molecular formula is C14H13IN2O4. The molecule has 2 N–H and O–H groups in total. The minimum atomic E-state index is -0.435. The predicted molar refractivity (Wildman–Crippen MR) is 87.8 cm³/mol. The smallest absolute Gasteiger partial charge is 0.293 e. The van der Waals surface area contributed by atoms with Crippen LogP contribution in [0.3, 0.4) is 0 Å². The predicted octanol–water partition coefficient (Wildman–Crippen LogP) is 3.53. The van der Waals surface area contributed by atoms with Crippen molar-refractivity contribution >= 4 is 34.0 Å². The largest absolute Gasteiger partial charge is 0.504 e. The molecule has 0 unspecified atom stereocenters. The van der Waals surface area contributed by atoms with Gasteiger partial charge in [-0.1, -0.05) is 12.1 Å². The Morgan fingerprint density at radius 1 is 1.38 bits per heavy atom. The van der Waals surface area contributed by atoms with E-state index in [2.05, 4.69) is 5.32 Å². The van der Waals surface area contributed by atoms with Crippen LogP contribution < -0.4 is 10.1 Å².